The van der Waals surface area contributed by atoms with Gasteiger partial charge in [-0.1, -0.05) is 48.5 Å². The van der Waals surface area contributed by atoms with Crippen molar-refractivity contribution < 1.29 is 14.0 Å². The Labute approximate surface area is 164 Å². The minimum absolute atomic E-state index is 0.00672. The molecule has 0 unspecified atom stereocenters. The summed E-state index contributed by atoms with van der Waals surface area (Å²) in [7, 11) is 0. The molecule has 148 valence electrons. The maximum atomic E-state index is 14.1. The molecule has 1 saturated heterocycles. The van der Waals surface area contributed by atoms with Gasteiger partial charge in [-0.15, -0.1) is 0 Å². The normalized spacial score (nSPS) is 15.8. The molecule has 3 N–H and O–H groups in total. The minimum atomic E-state index is -0.775. The first kappa shape index (κ1) is 19.9. The van der Waals surface area contributed by atoms with Crippen LogP contribution in [0, 0.1) is 11.7 Å². The standard InChI is InChI=1S/C22H26FN3O2/c23-19-9-5-4-8-18(19)20(25-22(24)28)15-21(27)26-12-10-17(11-13-26)14-16-6-2-1-3-7-16/h1-9,17,20H,10-15H2,(H3,24,25,28)/t20-/m0/s1. The van der Waals surface area contributed by atoms with Crippen molar-refractivity contribution in [3.05, 3.63) is 71.5 Å². The summed E-state index contributed by atoms with van der Waals surface area (Å²) in [6.45, 7) is 1.35. The molecule has 1 fully saturated rings. The minimum Gasteiger partial charge on any atom is -0.352 e. The topological polar surface area (TPSA) is 75.4 Å². The number of halogens is 1. The number of hydrogen-bond donors (Lipinski definition) is 2. The maximum Gasteiger partial charge on any atom is 0.312 e. The summed E-state index contributed by atoms with van der Waals surface area (Å²) in [6.07, 6.45) is 2.89. The number of carbonyl (C=O) groups excluding carboxylic acids is 2. The van der Waals surface area contributed by atoms with E-state index < -0.39 is 17.9 Å². The van der Waals surface area contributed by atoms with E-state index in [1.165, 1.54) is 11.6 Å². The van der Waals surface area contributed by atoms with Crippen LogP contribution in [0.25, 0.3) is 0 Å². The Bertz CT molecular complexity index is 804. The third-order valence-electron chi connectivity index (χ3n) is 5.31. The number of nitrogens with zero attached hydrogens (tertiary/aromatic N) is 1. The van der Waals surface area contributed by atoms with Crippen molar-refractivity contribution in [2.45, 2.75) is 31.7 Å². The molecule has 2 aromatic rings. The molecule has 1 aliphatic rings. The molecule has 0 aliphatic carbocycles. The molecule has 1 aliphatic heterocycles. The number of hydrogen-bond acceptors (Lipinski definition) is 2. The number of piperidine rings is 1. The second-order valence-electron chi connectivity index (χ2n) is 7.30. The monoisotopic (exact) mass is 383 g/mol. The SMILES string of the molecule is NC(=O)N[C@@H](CC(=O)N1CCC(Cc2ccccc2)CC1)c1ccccc1F. The van der Waals surface area contributed by atoms with Gasteiger partial charge < -0.3 is 16.0 Å². The quantitative estimate of drug-likeness (QED) is 0.802. The molecule has 3 amide bonds. The fourth-order valence-electron chi connectivity index (χ4n) is 3.81. The summed E-state index contributed by atoms with van der Waals surface area (Å²) in [5, 5.41) is 2.50. The van der Waals surface area contributed by atoms with Crippen LogP contribution in [-0.2, 0) is 11.2 Å². The van der Waals surface area contributed by atoms with Crippen LogP contribution in [0.4, 0.5) is 9.18 Å². The number of carbonyl (C=O) groups is 2. The Kier molecular flexibility index (Phi) is 6.63. The van der Waals surface area contributed by atoms with Gasteiger partial charge in [-0.3, -0.25) is 4.79 Å². The molecule has 5 nitrogen and oxygen atoms in total. The summed E-state index contributed by atoms with van der Waals surface area (Å²) < 4.78 is 14.1. The lowest BCUT2D eigenvalue weighted by Crippen LogP contribution is -2.42. The van der Waals surface area contributed by atoms with Gasteiger partial charge in [0.15, 0.2) is 0 Å². The number of nitrogens with one attached hydrogen (secondary N) is 1. The summed E-state index contributed by atoms with van der Waals surface area (Å²) >= 11 is 0. The second kappa shape index (κ2) is 9.35. The molecule has 1 atom stereocenters. The van der Waals surface area contributed by atoms with E-state index in [1.807, 2.05) is 18.2 Å². The molecule has 0 bridgehead atoms. The highest BCUT2D eigenvalue weighted by molar-refractivity contribution is 5.79. The molecular weight excluding hydrogens is 357 g/mol. The highest BCUT2D eigenvalue weighted by Gasteiger charge is 2.27. The lowest BCUT2D eigenvalue weighted by molar-refractivity contribution is -0.133. The molecule has 6 heteroatoms. The highest BCUT2D eigenvalue weighted by Crippen LogP contribution is 2.25. The number of nitrogens with two attached hydrogens (primary N) is 1. The summed E-state index contributed by atoms with van der Waals surface area (Å²) in [5.74, 6) is -0.00616. The van der Waals surface area contributed by atoms with Gasteiger partial charge in [-0.25, -0.2) is 9.18 Å². The van der Waals surface area contributed by atoms with Gasteiger partial charge in [0.1, 0.15) is 5.82 Å². The Hall–Kier alpha value is -2.89. The van der Waals surface area contributed by atoms with E-state index in [4.69, 9.17) is 5.73 Å². The summed E-state index contributed by atoms with van der Waals surface area (Å²) in [5.41, 5.74) is 6.82. The first-order valence-corrected chi connectivity index (χ1v) is 9.65. The van der Waals surface area contributed by atoms with E-state index >= 15 is 0 Å². The number of amides is 3. The first-order valence-electron chi connectivity index (χ1n) is 9.65. The van der Waals surface area contributed by atoms with Crippen molar-refractivity contribution in [2.24, 2.45) is 11.7 Å². The molecule has 0 spiro atoms. The van der Waals surface area contributed by atoms with Gasteiger partial charge in [0, 0.05) is 18.7 Å². The molecule has 1 heterocycles. The van der Waals surface area contributed by atoms with Gasteiger partial charge in [-0.2, -0.15) is 0 Å². The zero-order valence-corrected chi connectivity index (χ0v) is 15.8. The third kappa shape index (κ3) is 5.31. The maximum absolute atomic E-state index is 14.1. The number of primary amides is 1. The van der Waals surface area contributed by atoms with Crippen molar-refractivity contribution >= 4 is 11.9 Å². The average molecular weight is 383 g/mol. The second-order valence-corrected chi connectivity index (χ2v) is 7.30. The fraction of sp³-hybridized carbons (Fsp3) is 0.364. The third-order valence-corrected chi connectivity index (χ3v) is 5.31. The van der Waals surface area contributed by atoms with Gasteiger partial charge in [-0.05, 0) is 36.8 Å². The number of likely N-dealkylation sites (tertiary alicyclic amines) is 1. The Morgan fingerprint density at radius 2 is 1.71 bits per heavy atom. The van der Waals surface area contributed by atoms with Crippen molar-refractivity contribution in [1.82, 2.24) is 10.2 Å². The molecule has 28 heavy (non-hydrogen) atoms. The Morgan fingerprint density at radius 1 is 1.07 bits per heavy atom. The van der Waals surface area contributed by atoms with E-state index in [-0.39, 0.29) is 17.9 Å². The van der Waals surface area contributed by atoms with Crippen LogP contribution >= 0.6 is 0 Å². The smallest absolute Gasteiger partial charge is 0.312 e. The Morgan fingerprint density at radius 3 is 2.36 bits per heavy atom. The van der Waals surface area contributed by atoms with Crippen molar-refractivity contribution in [1.29, 1.82) is 0 Å². The van der Waals surface area contributed by atoms with E-state index in [0.717, 1.165) is 19.3 Å². The van der Waals surface area contributed by atoms with Gasteiger partial charge >= 0.3 is 6.03 Å². The van der Waals surface area contributed by atoms with E-state index in [2.05, 4.69) is 17.4 Å². The van der Waals surface area contributed by atoms with Gasteiger partial charge in [0.25, 0.3) is 0 Å². The van der Waals surface area contributed by atoms with Crippen molar-refractivity contribution in [2.75, 3.05) is 13.1 Å². The summed E-state index contributed by atoms with van der Waals surface area (Å²) in [6, 6.07) is 14.9. The van der Waals surface area contributed by atoms with Gasteiger partial charge in [0.2, 0.25) is 5.91 Å². The zero-order chi connectivity index (χ0) is 19.9. The predicted octanol–water partition coefficient (Wildman–Crippen LogP) is 3.41. The van der Waals surface area contributed by atoms with Crippen LogP contribution < -0.4 is 11.1 Å². The molecule has 0 radical (unpaired) electrons. The number of urea groups is 1. The zero-order valence-electron chi connectivity index (χ0n) is 15.8. The lowest BCUT2D eigenvalue weighted by Gasteiger charge is -2.33. The lowest BCUT2D eigenvalue weighted by atomic mass is 9.90. The predicted molar refractivity (Wildman–Crippen MR) is 106 cm³/mol. The van der Waals surface area contributed by atoms with Crippen molar-refractivity contribution in [3.8, 4) is 0 Å². The van der Waals surface area contributed by atoms with Crippen LogP contribution in [0.3, 0.4) is 0 Å². The molecule has 0 saturated carbocycles. The molecular formula is C22H26FN3O2. The fourth-order valence-corrected chi connectivity index (χ4v) is 3.81. The highest BCUT2D eigenvalue weighted by atomic mass is 19.1. The number of benzene rings is 2. The van der Waals surface area contributed by atoms with Crippen molar-refractivity contribution in [3.63, 3.8) is 0 Å². The van der Waals surface area contributed by atoms with Crippen LogP contribution in [0.2, 0.25) is 0 Å². The van der Waals surface area contributed by atoms with Crippen LogP contribution in [0.15, 0.2) is 54.6 Å². The van der Waals surface area contributed by atoms with Crippen LogP contribution in [0.5, 0.6) is 0 Å². The van der Waals surface area contributed by atoms with E-state index in [9.17, 15) is 14.0 Å². The largest absolute Gasteiger partial charge is 0.352 e. The number of rotatable bonds is 6. The summed E-state index contributed by atoms with van der Waals surface area (Å²) in [4.78, 5) is 25.9. The molecule has 0 aromatic heterocycles. The van der Waals surface area contributed by atoms with Crippen LogP contribution in [0.1, 0.15) is 36.4 Å². The van der Waals surface area contributed by atoms with Crippen LogP contribution in [-0.4, -0.2) is 29.9 Å². The Balaban J connectivity index is 1.57. The first-order chi connectivity index (χ1) is 13.5. The molecule has 3 rings (SSSR count). The van der Waals surface area contributed by atoms with E-state index in [0.29, 0.717) is 19.0 Å². The average Bonchev–Trinajstić information content (AvgIpc) is 2.69. The molecule has 2 aromatic carbocycles. The van der Waals surface area contributed by atoms with Gasteiger partial charge in [0.05, 0.1) is 12.5 Å². The van der Waals surface area contributed by atoms with E-state index in [1.54, 1.807) is 23.1 Å².